The van der Waals surface area contributed by atoms with Crippen LogP contribution >= 0.6 is 11.3 Å². The van der Waals surface area contributed by atoms with Crippen molar-refractivity contribution in [2.75, 3.05) is 12.4 Å². The normalized spacial score (nSPS) is 18.7. The molecule has 0 saturated carbocycles. The molecule has 1 aliphatic heterocycles. The molecule has 1 N–H and O–H groups in total. The number of rotatable bonds is 2. The van der Waals surface area contributed by atoms with Crippen molar-refractivity contribution >= 4 is 28.7 Å². The van der Waals surface area contributed by atoms with Crippen molar-refractivity contribution in [3.63, 3.8) is 0 Å². The lowest BCUT2D eigenvalue weighted by atomic mass is 10.1. The van der Waals surface area contributed by atoms with Crippen molar-refractivity contribution < 1.29 is 4.42 Å². The highest BCUT2D eigenvalue weighted by molar-refractivity contribution is 7.10. The van der Waals surface area contributed by atoms with Gasteiger partial charge in [0.15, 0.2) is 5.76 Å². The first-order chi connectivity index (χ1) is 11.8. The van der Waals surface area contributed by atoms with E-state index >= 15 is 0 Å². The summed E-state index contributed by atoms with van der Waals surface area (Å²) in [5.41, 5.74) is 2.63. The third-order valence-corrected chi connectivity index (χ3v) is 4.79. The number of furan rings is 1. The molecular formula is C18H16N4OS. The lowest BCUT2D eigenvalue weighted by molar-refractivity contribution is 0.557. The van der Waals surface area contributed by atoms with Crippen LogP contribution in [0.4, 0.5) is 5.82 Å². The van der Waals surface area contributed by atoms with E-state index in [0.29, 0.717) is 0 Å². The first-order valence-electron chi connectivity index (χ1n) is 7.63. The van der Waals surface area contributed by atoms with E-state index in [1.165, 1.54) is 0 Å². The number of nitrogens with zero attached hydrogens (tertiary/aromatic N) is 3. The van der Waals surface area contributed by atoms with Crippen LogP contribution in [0.1, 0.15) is 27.9 Å². The van der Waals surface area contributed by atoms with Gasteiger partial charge in [-0.05, 0) is 42.6 Å². The number of anilines is 1. The molecule has 0 radical (unpaired) electrons. The molecule has 4 heterocycles. The SMILES string of the molecule is CN=C1Nc2nc(C)ccc2C(c2ccco2)=NC1c1cccs1. The van der Waals surface area contributed by atoms with E-state index in [1.807, 2.05) is 42.6 Å². The van der Waals surface area contributed by atoms with Crippen molar-refractivity contribution in [2.45, 2.75) is 13.0 Å². The van der Waals surface area contributed by atoms with Crippen molar-refractivity contribution in [1.29, 1.82) is 0 Å². The van der Waals surface area contributed by atoms with Crippen LogP contribution in [0.5, 0.6) is 0 Å². The molecule has 0 saturated heterocycles. The average Bonchev–Trinajstić information content (AvgIpc) is 3.27. The van der Waals surface area contributed by atoms with Gasteiger partial charge in [0.05, 0.1) is 6.26 Å². The molecule has 1 unspecified atom stereocenters. The fraction of sp³-hybridized carbons (Fsp3) is 0.167. The fourth-order valence-corrected chi connectivity index (χ4v) is 3.49. The van der Waals surface area contributed by atoms with Gasteiger partial charge in [0.25, 0.3) is 0 Å². The Morgan fingerprint density at radius 2 is 2.12 bits per heavy atom. The van der Waals surface area contributed by atoms with Crippen LogP contribution in [0.25, 0.3) is 0 Å². The molecule has 24 heavy (non-hydrogen) atoms. The average molecular weight is 336 g/mol. The highest BCUT2D eigenvalue weighted by atomic mass is 32.1. The molecule has 1 atom stereocenters. The van der Waals surface area contributed by atoms with Crippen LogP contribution in [-0.4, -0.2) is 23.6 Å². The van der Waals surface area contributed by atoms with Gasteiger partial charge in [0.2, 0.25) is 0 Å². The second-order valence-corrected chi connectivity index (χ2v) is 6.43. The van der Waals surface area contributed by atoms with Crippen molar-refractivity contribution in [2.24, 2.45) is 9.98 Å². The minimum atomic E-state index is -0.204. The maximum absolute atomic E-state index is 5.63. The molecule has 0 aliphatic carbocycles. The largest absolute Gasteiger partial charge is 0.463 e. The zero-order chi connectivity index (χ0) is 16.5. The summed E-state index contributed by atoms with van der Waals surface area (Å²) in [7, 11) is 1.77. The quantitative estimate of drug-likeness (QED) is 0.767. The molecule has 5 nitrogen and oxygen atoms in total. The molecular weight excluding hydrogens is 320 g/mol. The van der Waals surface area contributed by atoms with Crippen LogP contribution in [-0.2, 0) is 0 Å². The molecule has 0 aromatic carbocycles. The Kier molecular flexibility index (Phi) is 3.74. The minimum Gasteiger partial charge on any atom is -0.463 e. The monoisotopic (exact) mass is 336 g/mol. The first kappa shape index (κ1) is 14.8. The highest BCUT2D eigenvalue weighted by Gasteiger charge is 2.27. The molecule has 0 spiro atoms. The maximum atomic E-state index is 5.63. The van der Waals surface area contributed by atoms with Gasteiger partial charge in [-0.25, -0.2) is 4.98 Å². The number of aromatic nitrogens is 1. The molecule has 3 aromatic rings. The molecule has 0 bridgehead atoms. The van der Waals surface area contributed by atoms with Gasteiger partial charge in [0.1, 0.15) is 23.4 Å². The standard InChI is InChI=1S/C18H16N4OS/c1-11-7-8-12-15(13-5-3-9-23-13)21-16(14-6-4-10-24-14)18(19-2)22-17(12)20-11/h3-10,16H,1-2H3,(H,19,20,22). The highest BCUT2D eigenvalue weighted by Crippen LogP contribution is 2.31. The van der Waals surface area contributed by atoms with E-state index in [9.17, 15) is 0 Å². The summed E-state index contributed by atoms with van der Waals surface area (Å²) in [5, 5.41) is 5.42. The number of fused-ring (bicyclic) bond motifs is 1. The van der Waals surface area contributed by atoms with Crippen molar-refractivity contribution in [1.82, 2.24) is 4.98 Å². The Bertz CT molecular complexity index is 911. The Hall–Kier alpha value is -2.73. The van der Waals surface area contributed by atoms with E-state index in [1.54, 1.807) is 24.6 Å². The molecule has 0 fully saturated rings. The molecule has 3 aromatic heterocycles. The first-order valence-corrected chi connectivity index (χ1v) is 8.51. The summed E-state index contributed by atoms with van der Waals surface area (Å²) in [6.45, 7) is 1.97. The van der Waals surface area contributed by atoms with E-state index in [0.717, 1.165) is 39.3 Å². The van der Waals surface area contributed by atoms with Gasteiger partial charge in [0, 0.05) is 23.2 Å². The van der Waals surface area contributed by atoms with Gasteiger partial charge in [-0.3, -0.25) is 9.98 Å². The number of aliphatic imine (C=N–C) groups is 2. The minimum absolute atomic E-state index is 0.204. The lowest BCUT2D eigenvalue weighted by Gasteiger charge is -2.13. The van der Waals surface area contributed by atoms with Crippen LogP contribution in [0, 0.1) is 6.92 Å². The zero-order valence-corrected chi connectivity index (χ0v) is 14.2. The number of hydrogen-bond acceptors (Lipinski definition) is 5. The summed E-state index contributed by atoms with van der Waals surface area (Å²) in [4.78, 5) is 15.2. The Morgan fingerprint density at radius 3 is 2.83 bits per heavy atom. The number of pyridine rings is 1. The van der Waals surface area contributed by atoms with Gasteiger partial charge in [-0.2, -0.15) is 0 Å². The number of nitrogens with one attached hydrogen (secondary N) is 1. The van der Waals surface area contributed by atoms with Crippen molar-refractivity contribution in [3.8, 4) is 0 Å². The molecule has 0 amide bonds. The zero-order valence-electron chi connectivity index (χ0n) is 13.4. The van der Waals surface area contributed by atoms with E-state index < -0.39 is 0 Å². The van der Waals surface area contributed by atoms with Crippen molar-refractivity contribution in [3.05, 3.63) is 69.9 Å². The summed E-state index contributed by atoms with van der Waals surface area (Å²) in [5.74, 6) is 2.26. The van der Waals surface area contributed by atoms with Gasteiger partial charge in [-0.15, -0.1) is 11.3 Å². The summed E-state index contributed by atoms with van der Waals surface area (Å²) in [6.07, 6.45) is 1.66. The smallest absolute Gasteiger partial charge is 0.152 e. The van der Waals surface area contributed by atoms with Gasteiger partial charge in [-0.1, -0.05) is 6.07 Å². The second kappa shape index (κ2) is 6.05. The van der Waals surface area contributed by atoms with Crippen LogP contribution in [0.2, 0.25) is 0 Å². The van der Waals surface area contributed by atoms with Crippen LogP contribution < -0.4 is 5.32 Å². The predicted molar refractivity (Wildman–Crippen MR) is 97.4 cm³/mol. The van der Waals surface area contributed by atoms with E-state index in [2.05, 4.69) is 21.4 Å². The van der Waals surface area contributed by atoms with E-state index in [-0.39, 0.29) is 6.04 Å². The Balaban J connectivity index is 1.95. The predicted octanol–water partition coefficient (Wildman–Crippen LogP) is 4.08. The van der Waals surface area contributed by atoms with Crippen LogP contribution in [0.3, 0.4) is 0 Å². The van der Waals surface area contributed by atoms with Crippen LogP contribution in [0.15, 0.2) is 62.4 Å². The molecule has 4 rings (SSSR count). The summed E-state index contributed by atoms with van der Waals surface area (Å²) >= 11 is 1.66. The van der Waals surface area contributed by atoms with Gasteiger partial charge < -0.3 is 9.73 Å². The number of aryl methyl sites for hydroxylation is 1. The molecule has 120 valence electrons. The molecule has 6 heteroatoms. The fourth-order valence-electron chi connectivity index (χ4n) is 2.73. The lowest BCUT2D eigenvalue weighted by Crippen LogP contribution is -2.19. The second-order valence-electron chi connectivity index (χ2n) is 5.46. The Morgan fingerprint density at radius 1 is 1.21 bits per heavy atom. The maximum Gasteiger partial charge on any atom is 0.152 e. The summed E-state index contributed by atoms with van der Waals surface area (Å²) < 4.78 is 5.63. The number of hydrogen-bond donors (Lipinski definition) is 1. The van der Waals surface area contributed by atoms with E-state index in [4.69, 9.17) is 9.41 Å². The van der Waals surface area contributed by atoms with Gasteiger partial charge >= 0.3 is 0 Å². The third-order valence-electron chi connectivity index (χ3n) is 3.86. The Labute approximate surface area is 143 Å². The summed E-state index contributed by atoms with van der Waals surface area (Å²) in [6, 6.07) is 11.7. The third kappa shape index (κ3) is 2.55. The number of thiophene rings is 1. The molecule has 1 aliphatic rings. The number of amidine groups is 1. The topological polar surface area (TPSA) is 62.8 Å².